The summed E-state index contributed by atoms with van der Waals surface area (Å²) in [5.74, 6) is 0.220. The minimum Gasteiger partial charge on any atom is -0.293 e. The average molecular weight is 164 g/mol. The summed E-state index contributed by atoms with van der Waals surface area (Å²) in [6.07, 6.45) is 3.49. The number of nitrogens with zero attached hydrogens (tertiary/aromatic N) is 1. The summed E-state index contributed by atoms with van der Waals surface area (Å²) in [7, 11) is 0. The summed E-state index contributed by atoms with van der Waals surface area (Å²) in [6.45, 7) is 3.98. The zero-order valence-corrected chi connectivity index (χ0v) is 7.35. The minimum atomic E-state index is -0.198. The Bertz CT molecular complexity index is 325. The van der Waals surface area contributed by atoms with Crippen LogP contribution in [-0.4, -0.2) is 16.0 Å². The number of aromatic nitrogens is 2. The van der Waals surface area contributed by atoms with E-state index in [-0.39, 0.29) is 11.2 Å². The third-order valence-corrected chi connectivity index (χ3v) is 2.58. The number of hydrogen-bond donors (Lipinski definition) is 1. The van der Waals surface area contributed by atoms with E-state index in [1.165, 1.54) is 0 Å². The number of aromatic amines is 1. The molecule has 64 valence electrons. The fourth-order valence-electron chi connectivity index (χ4n) is 1.61. The number of rotatable bonds is 0. The Kier molecular flexibility index (Phi) is 1.37. The van der Waals surface area contributed by atoms with Crippen molar-refractivity contribution in [2.24, 2.45) is 5.41 Å². The first kappa shape index (κ1) is 7.53. The molecule has 1 aromatic heterocycles. The highest BCUT2D eigenvalue weighted by Gasteiger charge is 2.34. The third kappa shape index (κ3) is 0.891. The van der Waals surface area contributed by atoms with Gasteiger partial charge in [0.15, 0.2) is 5.78 Å². The molecule has 3 heteroatoms. The van der Waals surface area contributed by atoms with Gasteiger partial charge in [0.05, 0.1) is 11.8 Å². The summed E-state index contributed by atoms with van der Waals surface area (Å²) in [4.78, 5) is 11.7. The van der Waals surface area contributed by atoms with Crippen LogP contribution in [0.2, 0.25) is 0 Å². The van der Waals surface area contributed by atoms with E-state index in [1.54, 1.807) is 6.20 Å². The second kappa shape index (κ2) is 2.19. The van der Waals surface area contributed by atoms with Gasteiger partial charge in [-0.25, -0.2) is 0 Å². The quantitative estimate of drug-likeness (QED) is 0.632. The molecule has 1 N–H and O–H groups in total. The number of H-pyrrole nitrogens is 1. The van der Waals surface area contributed by atoms with Crippen LogP contribution in [0.3, 0.4) is 0 Å². The lowest BCUT2D eigenvalue weighted by atomic mass is 9.75. The number of fused-ring (bicyclic) bond motifs is 1. The highest BCUT2D eigenvalue weighted by atomic mass is 16.1. The number of ketones is 1. The molecular weight excluding hydrogens is 152 g/mol. The maximum atomic E-state index is 11.7. The van der Waals surface area contributed by atoms with Gasteiger partial charge in [0, 0.05) is 11.1 Å². The Balaban J connectivity index is 2.49. The molecular formula is C9H12N2O. The van der Waals surface area contributed by atoms with E-state index >= 15 is 0 Å². The summed E-state index contributed by atoms with van der Waals surface area (Å²) in [6, 6.07) is 0. The van der Waals surface area contributed by atoms with Crippen LogP contribution in [0.15, 0.2) is 6.20 Å². The molecule has 1 heterocycles. The zero-order chi connectivity index (χ0) is 8.77. The fraction of sp³-hybridized carbons (Fsp3) is 0.556. The first-order chi connectivity index (χ1) is 5.61. The van der Waals surface area contributed by atoms with Gasteiger partial charge in [-0.15, -0.1) is 0 Å². The van der Waals surface area contributed by atoms with Crippen LogP contribution < -0.4 is 0 Å². The van der Waals surface area contributed by atoms with Crippen molar-refractivity contribution in [3.63, 3.8) is 0 Å². The molecule has 0 aliphatic heterocycles. The Morgan fingerprint density at radius 3 is 3.08 bits per heavy atom. The van der Waals surface area contributed by atoms with Gasteiger partial charge in [0.1, 0.15) is 0 Å². The number of carbonyl (C=O) groups excluding carboxylic acids is 1. The maximum absolute atomic E-state index is 11.7. The standard InChI is InChI=1S/C9H12N2O/c1-9(2)4-3-7-6(8(9)12)5-10-11-7/h5H,3-4H2,1-2H3,(H,10,11). The molecule has 0 bridgehead atoms. The normalized spacial score (nSPS) is 20.7. The van der Waals surface area contributed by atoms with Crippen molar-refractivity contribution in [2.45, 2.75) is 26.7 Å². The monoisotopic (exact) mass is 164 g/mol. The van der Waals surface area contributed by atoms with Crippen LogP contribution >= 0.6 is 0 Å². The molecule has 0 unspecified atom stereocenters. The number of hydrogen-bond acceptors (Lipinski definition) is 2. The minimum absolute atomic E-state index is 0.198. The van der Waals surface area contributed by atoms with Gasteiger partial charge in [0.25, 0.3) is 0 Å². The van der Waals surface area contributed by atoms with Gasteiger partial charge >= 0.3 is 0 Å². The van der Waals surface area contributed by atoms with Crippen LogP contribution in [0.25, 0.3) is 0 Å². The van der Waals surface area contributed by atoms with E-state index in [4.69, 9.17) is 0 Å². The van der Waals surface area contributed by atoms with Crippen LogP contribution in [0.4, 0.5) is 0 Å². The number of carbonyl (C=O) groups is 1. The molecule has 3 nitrogen and oxygen atoms in total. The van der Waals surface area contributed by atoms with E-state index in [9.17, 15) is 4.79 Å². The van der Waals surface area contributed by atoms with E-state index in [2.05, 4.69) is 10.2 Å². The van der Waals surface area contributed by atoms with Crippen molar-refractivity contribution in [3.8, 4) is 0 Å². The van der Waals surface area contributed by atoms with Crippen molar-refractivity contribution >= 4 is 5.78 Å². The van der Waals surface area contributed by atoms with Crippen LogP contribution in [-0.2, 0) is 6.42 Å². The Labute approximate surface area is 71.2 Å². The van der Waals surface area contributed by atoms with E-state index < -0.39 is 0 Å². The molecule has 1 aliphatic rings. The Morgan fingerprint density at radius 2 is 2.33 bits per heavy atom. The lowest BCUT2D eigenvalue weighted by Gasteiger charge is -2.26. The summed E-state index contributed by atoms with van der Waals surface area (Å²) < 4.78 is 0. The predicted molar refractivity (Wildman–Crippen MR) is 45.0 cm³/mol. The van der Waals surface area contributed by atoms with E-state index in [0.717, 1.165) is 24.1 Å². The zero-order valence-electron chi connectivity index (χ0n) is 7.35. The number of Topliss-reactive ketones (excluding diaryl/α,β-unsaturated/α-hetero) is 1. The second-order valence-corrected chi connectivity index (χ2v) is 3.98. The van der Waals surface area contributed by atoms with Gasteiger partial charge in [-0.1, -0.05) is 13.8 Å². The van der Waals surface area contributed by atoms with Gasteiger partial charge in [-0.3, -0.25) is 9.89 Å². The predicted octanol–water partition coefficient (Wildman–Crippen LogP) is 1.56. The molecule has 1 aliphatic carbocycles. The topological polar surface area (TPSA) is 45.8 Å². The Hall–Kier alpha value is -1.12. The SMILES string of the molecule is CC1(C)CCc2[nH]ncc2C1=O. The molecule has 2 rings (SSSR count). The largest absolute Gasteiger partial charge is 0.293 e. The molecule has 0 amide bonds. The smallest absolute Gasteiger partial charge is 0.171 e. The molecule has 0 fully saturated rings. The van der Waals surface area contributed by atoms with Gasteiger partial charge in [0.2, 0.25) is 0 Å². The van der Waals surface area contributed by atoms with Crippen molar-refractivity contribution in [2.75, 3.05) is 0 Å². The molecule has 0 saturated heterocycles. The van der Waals surface area contributed by atoms with Gasteiger partial charge in [-0.2, -0.15) is 5.10 Å². The van der Waals surface area contributed by atoms with Crippen molar-refractivity contribution in [1.29, 1.82) is 0 Å². The highest BCUT2D eigenvalue weighted by Crippen LogP contribution is 2.33. The van der Waals surface area contributed by atoms with Gasteiger partial charge < -0.3 is 0 Å². The van der Waals surface area contributed by atoms with Crippen LogP contribution in [0.5, 0.6) is 0 Å². The first-order valence-corrected chi connectivity index (χ1v) is 4.18. The van der Waals surface area contributed by atoms with Crippen LogP contribution in [0.1, 0.15) is 36.3 Å². The first-order valence-electron chi connectivity index (χ1n) is 4.18. The van der Waals surface area contributed by atoms with Crippen molar-refractivity contribution in [3.05, 3.63) is 17.5 Å². The summed E-state index contributed by atoms with van der Waals surface area (Å²) >= 11 is 0. The lowest BCUT2D eigenvalue weighted by molar-refractivity contribution is 0.0811. The van der Waals surface area contributed by atoms with Crippen LogP contribution in [0, 0.1) is 5.41 Å². The second-order valence-electron chi connectivity index (χ2n) is 3.98. The van der Waals surface area contributed by atoms with Gasteiger partial charge in [-0.05, 0) is 12.8 Å². The Morgan fingerprint density at radius 1 is 1.58 bits per heavy atom. The number of nitrogens with one attached hydrogen (secondary N) is 1. The third-order valence-electron chi connectivity index (χ3n) is 2.58. The molecule has 1 aromatic rings. The maximum Gasteiger partial charge on any atom is 0.171 e. The summed E-state index contributed by atoms with van der Waals surface area (Å²) in [5, 5.41) is 6.73. The molecule has 0 atom stereocenters. The molecule has 0 saturated carbocycles. The molecule has 12 heavy (non-hydrogen) atoms. The van der Waals surface area contributed by atoms with Crippen molar-refractivity contribution < 1.29 is 4.79 Å². The summed E-state index contributed by atoms with van der Waals surface area (Å²) in [5.41, 5.74) is 1.59. The lowest BCUT2D eigenvalue weighted by Crippen LogP contribution is -2.29. The molecule has 0 spiro atoms. The fourth-order valence-corrected chi connectivity index (χ4v) is 1.61. The van der Waals surface area contributed by atoms with E-state index in [0.29, 0.717) is 0 Å². The average Bonchev–Trinajstić information content (AvgIpc) is 2.45. The number of aryl methyl sites for hydroxylation is 1. The molecule has 0 radical (unpaired) electrons. The molecule has 0 aromatic carbocycles. The highest BCUT2D eigenvalue weighted by molar-refractivity contribution is 6.01. The van der Waals surface area contributed by atoms with Crippen molar-refractivity contribution in [1.82, 2.24) is 10.2 Å². The van der Waals surface area contributed by atoms with E-state index in [1.807, 2.05) is 13.8 Å².